The summed E-state index contributed by atoms with van der Waals surface area (Å²) in [5, 5.41) is 3.99. The number of benzene rings is 2. The Morgan fingerprint density at radius 2 is 1.89 bits per heavy atom. The average Bonchev–Trinajstić information content (AvgIpc) is 3.38. The zero-order valence-electron chi connectivity index (χ0n) is 20.4. The third kappa shape index (κ3) is 4.39. The Hall–Kier alpha value is -4.35. The molecule has 0 amide bonds. The third-order valence-corrected chi connectivity index (χ3v) is 6.57. The van der Waals surface area contributed by atoms with Crippen LogP contribution in [0.4, 0.5) is 11.8 Å². The van der Waals surface area contributed by atoms with Gasteiger partial charge in [-0.2, -0.15) is 9.97 Å². The molecule has 0 saturated carbocycles. The van der Waals surface area contributed by atoms with Crippen molar-refractivity contribution in [3.05, 3.63) is 76.6 Å². The van der Waals surface area contributed by atoms with Gasteiger partial charge in [0.15, 0.2) is 11.5 Å². The van der Waals surface area contributed by atoms with E-state index in [1.54, 1.807) is 10.9 Å². The van der Waals surface area contributed by atoms with E-state index >= 15 is 0 Å². The van der Waals surface area contributed by atoms with Gasteiger partial charge in [-0.25, -0.2) is 9.97 Å². The van der Waals surface area contributed by atoms with Crippen molar-refractivity contribution in [1.82, 2.24) is 34.4 Å². The van der Waals surface area contributed by atoms with Gasteiger partial charge in [-0.05, 0) is 30.7 Å². The van der Waals surface area contributed by atoms with E-state index in [-0.39, 0.29) is 11.5 Å². The number of aromatic nitrogens is 6. The molecule has 1 saturated heterocycles. The number of rotatable bonds is 6. The Morgan fingerprint density at radius 3 is 2.70 bits per heavy atom. The number of fused-ring (bicyclic) bond motifs is 2. The molecule has 4 N–H and O–H groups in total. The lowest BCUT2D eigenvalue weighted by Gasteiger charge is -2.27. The molecule has 1 atom stereocenters. The SMILES string of the molecule is CC(Nc1nc(N)nc2nc[nH]c12)c1nc2cccc(CN3CCOCC3)c2c(=O)n1-c1ccccc1. The predicted octanol–water partition coefficient (Wildman–Crippen LogP) is 2.64. The second kappa shape index (κ2) is 9.60. The molecule has 2 aromatic carbocycles. The van der Waals surface area contributed by atoms with E-state index in [0.717, 1.165) is 24.3 Å². The van der Waals surface area contributed by atoms with Gasteiger partial charge in [-0.3, -0.25) is 14.3 Å². The standard InChI is InChI=1S/C26H27N9O2/c1-16(30-23-21-22(29-15-28-21)32-26(27)33-23)24-31-19-9-5-6-17(14-34-10-12-37-13-11-34)20(19)25(36)35(24)18-7-3-2-4-8-18/h2-9,15-16H,10-14H2,1H3,(H4,27,28,29,30,32,33). The smallest absolute Gasteiger partial charge is 0.266 e. The molecule has 3 aromatic heterocycles. The van der Waals surface area contributed by atoms with Gasteiger partial charge in [-0.15, -0.1) is 0 Å². The van der Waals surface area contributed by atoms with Crippen LogP contribution < -0.4 is 16.6 Å². The van der Waals surface area contributed by atoms with E-state index in [4.69, 9.17) is 15.5 Å². The first-order valence-electron chi connectivity index (χ1n) is 12.2. The minimum Gasteiger partial charge on any atom is -0.379 e. The summed E-state index contributed by atoms with van der Waals surface area (Å²) in [6.45, 7) is 5.66. The number of para-hydroxylation sites is 1. The fourth-order valence-electron chi connectivity index (χ4n) is 4.79. The molecule has 11 nitrogen and oxygen atoms in total. The summed E-state index contributed by atoms with van der Waals surface area (Å²) in [5.41, 5.74) is 9.23. The maximum atomic E-state index is 14.2. The molecule has 0 radical (unpaired) electrons. The molecule has 0 spiro atoms. The molecule has 1 aliphatic rings. The summed E-state index contributed by atoms with van der Waals surface area (Å²) in [6, 6.07) is 15.0. The van der Waals surface area contributed by atoms with Crippen LogP contribution in [0.2, 0.25) is 0 Å². The topological polar surface area (TPSA) is 140 Å². The summed E-state index contributed by atoms with van der Waals surface area (Å²) < 4.78 is 7.17. The maximum absolute atomic E-state index is 14.2. The molecule has 4 heterocycles. The van der Waals surface area contributed by atoms with Gasteiger partial charge in [0, 0.05) is 19.6 Å². The van der Waals surface area contributed by atoms with Crippen LogP contribution in [0, 0.1) is 0 Å². The lowest BCUT2D eigenvalue weighted by atomic mass is 10.1. The van der Waals surface area contributed by atoms with Crippen LogP contribution in [-0.2, 0) is 11.3 Å². The van der Waals surface area contributed by atoms with E-state index in [2.05, 4.69) is 30.2 Å². The van der Waals surface area contributed by atoms with Gasteiger partial charge in [0.1, 0.15) is 11.3 Å². The van der Waals surface area contributed by atoms with Crippen LogP contribution >= 0.6 is 0 Å². The molecule has 0 aliphatic carbocycles. The summed E-state index contributed by atoms with van der Waals surface area (Å²) in [5.74, 6) is 1.15. The van der Waals surface area contributed by atoms with Crippen molar-refractivity contribution < 1.29 is 4.74 Å². The van der Waals surface area contributed by atoms with E-state index in [0.29, 0.717) is 53.5 Å². The minimum atomic E-state index is -0.402. The third-order valence-electron chi connectivity index (χ3n) is 6.57. The van der Waals surface area contributed by atoms with Crippen LogP contribution in [0.15, 0.2) is 59.7 Å². The fourth-order valence-corrected chi connectivity index (χ4v) is 4.79. The van der Waals surface area contributed by atoms with Crippen molar-refractivity contribution in [2.75, 3.05) is 37.4 Å². The maximum Gasteiger partial charge on any atom is 0.266 e. The highest BCUT2D eigenvalue weighted by Crippen LogP contribution is 2.26. The Balaban J connectivity index is 1.49. The quantitative estimate of drug-likeness (QED) is 0.323. The van der Waals surface area contributed by atoms with Crippen molar-refractivity contribution in [1.29, 1.82) is 0 Å². The summed E-state index contributed by atoms with van der Waals surface area (Å²) >= 11 is 0. The number of nitrogens with one attached hydrogen (secondary N) is 2. The highest BCUT2D eigenvalue weighted by atomic mass is 16.5. The van der Waals surface area contributed by atoms with Crippen LogP contribution in [0.3, 0.4) is 0 Å². The molecule has 188 valence electrons. The van der Waals surface area contributed by atoms with E-state index < -0.39 is 6.04 Å². The Morgan fingerprint density at radius 1 is 1.08 bits per heavy atom. The minimum absolute atomic E-state index is 0.106. The fraction of sp³-hybridized carbons (Fsp3) is 0.269. The number of ether oxygens (including phenoxy) is 1. The normalized spacial score (nSPS) is 15.3. The summed E-state index contributed by atoms with van der Waals surface area (Å²) in [6.07, 6.45) is 1.54. The highest BCUT2D eigenvalue weighted by Gasteiger charge is 2.22. The Labute approximate surface area is 212 Å². The second-order valence-corrected chi connectivity index (χ2v) is 9.04. The van der Waals surface area contributed by atoms with Crippen LogP contribution in [0.5, 0.6) is 0 Å². The molecule has 37 heavy (non-hydrogen) atoms. The number of hydrogen-bond donors (Lipinski definition) is 3. The highest BCUT2D eigenvalue weighted by molar-refractivity contribution is 5.84. The lowest BCUT2D eigenvalue weighted by molar-refractivity contribution is 0.0343. The molecular formula is C26H27N9O2. The predicted molar refractivity (Wildman–Crippen MR) is 142 cm³/mol. The van der Waals surface area contributed by atoms with E-state index in [1.165, 1.54) is 0 Å². The zero-order chi connectivity index (χ0) is 25.4. The van der Waals surface area contributed by atoms with Crippen LogP contribution in [0.1, 0.15) is 24.4 Å². The van der Waals surface area contributed by atoms with Gasteiger partial charge in [0.25, 0.3) is 5.56 Å². The van der Waals surface area contributed by atoms with Crippen LogP contribution in [0.25, 0.3) is 27.8 Å². The van der Waals surface area contributed by atoms with Crippen molar-refractivity contribution in [2.24, 2.45) is 0 Å². The first-order chi connectivity index (χ1) is 18.1. The number of H-pyrrole nitrogens is 1. The molecule has 6 rings (SSSR count). The average molecular weight is 498 g/mol. The number of nitrogens with zero attached hydrogens (tertiary/aromatic N) is 6. The zero-order valence-corrected chi connectivity index (χ0v) is 20.4. The number of imidazole rings is 1. The molecular weight excluding hydrogens is 470 g/mol. The molecule has 0 bridgehead atoms. The largest absolute Gasteiger partial charge is 0.379 e. The first kappa shape index (κ1) is 23.1. The number of aromatic amines is 1. The van der Waals surface area contributed by atoms with Crippen molar-refractivity contribution in [3.63, 3.8) is 0 Å². The first-order valence-corrected chi connectivity index (χ1v) is 12.2. The Kier molecular flexibility index (Phi) is 5.99. The number of hydrogen-bond acceptors (Lipinski definition) is 9. The lowest BCUT2D eigenvalue weighted by Crippen LogP contribution is -2.36. The number of morpholine rings is 1. The van der Waals surface area contributed by atoms with Crippen molar-refractivity contribution in [2.45, 2.75) is 19.5 Å². The summed E-state index contributed by atoms with van der Waals surface area (Å²) in [4.78, 5) is 37.2. The van der Waals surface area contributed by atoms with Gasteiger partial charge >= 0.3 is 0 Å². The molecule has 1 unspecified atom stereocenters. The number of anilines is 2. The Bertz CT molecular complexity index is 1620. The number of nitrogens with two attached hydrogens (primary N) is 1. The molecule has 1 fully saturated rings. The number of nitrogen functional groups attached to an aromatic ring is 1. The van der Waals surface area contributed by atoms with Gasteiger partial charge in [0.05, 0.1) is 42.2 Å². The van der Waals surface area contributed by atoms with Gasteiger partial charge < -0.3 is 20.8 Å². The van der Waals surface area contributed by atoms with Crippen molar-refractivity contribution >= 4 is 33.8 Å². The van der Waals surface area contributed by atoms with E-state index in [1.807, 2.05) is 55.5 Å². The van der Waals surface area contributed by atoms with Crippen molar-refractivity contribution in [3.8, 4) is 5.69 Å². The monoisotopic (exact) mass is 497 g/mol. The van der Waals surface area contributed by atoms with Gasteiger partial charge in [-0.1, -0.05) is 30.3 Å². The second-order valence-electron chi connectivity index (χ2n) is 9.04. The molecule has 11 heteroatoms. The van der Waals surface area contributed by atoms with E-state index in [9.17, 15) is 4.79 Å². The summed E-state index contributed by atoms with van der Waals surface area (Å²) in [7, 11) is 0. The molecule has 1 aliphatic heterocycles. The van der Waals surface area contributed by atoms with Crippen LogP contribution in [-0.4, -0.2) is 60.7 Å². The molecule has 5 aromatic rings. The van der Waals surface area contributed by atoms with Gasteiger partial charge in [0.2, 0.25) is 5.95 Å².